The van der Waals surface area contributed by atoms with E-state index < -0.39 is 0 Å². The largest absolute Gasteiger partial charge is 0.353 e. The van der Waals surface area contributed by atoms with Crippen LogP contribution in [-0.2, 0) is 20.1 Å². The van der Waals surface area contributed by atoms with Crippen molar-refractivity contribution in [2.24, 2.45) is 7.05 Å². The predicted molar refractivity (Wildman–Crippen MR) is 67.1 cm³/mol. The van der Waals surface area contributed by atoms with Gasteiger partial charge in [0, 0.05) is 32.0 Å². The summed E-state index contributed by atoms with van der Waals surface area (Å²) in [5, 5.41) is 12.2. The van der Waals surface area contributed by atoms with E-state index >= 15 is 0 Å². The number of rotatable bonds is 4. The first-order valence-electron chi connectivity index (χ1n) is 5.59. The first-order valence-corrected chi connectivity index (χ1v) is 5.59. The van der Waals surface area contributed by atoms with Gasteiger partial charge in [-0.05, 0) is 29.8 Å². The molecule has 2 rings (SSSR count). The molecule has 0 aliphatic heterocycles. The Balaban J connectivity index is 1.90. The van der Waals surface area contributed by atoms with Crippen LogP contribution in [0.5, 0.6) is 0 Å². The second kappa shape index (κ2) is 5.33. The summed E-state index contributed by atoms with van der Waals surface area (Å²) >= 11 is 0. The summed E-state index contributed by atoms with van der Waals surface area (Å²) in [5.41, 5.74) is 3.10. The lowest BCUT2D eigenvalue weighted by molar-refractivity contribution is 0.655. The number of nitrogens with one attached hydrogen (secondary N) is 1. The van der Waals surface area contributed by atoms with Crippen molar-refractivity contribution in [3.05, 3.63) is 59.4 Å². The highest BCUT2D eigenvalue weighted by Gasteiger charge is 1.98. The molecule has 1 aromatic carbocycles. The van der Waals surface area contributed by atoms with Crippen LogP contribution >= 0.6 is 0 Å². The molecule has 17 heavy (non-hydrogen) atoms. The van der Waals surface area contributed by atoms with Crippen molar-refractivity contribution in [1.82, 2.24) is 9.88 Å². The van der Waals surface area contributed by atoms with Crippen LogP contribution in [-0.4, -0.2) is 4.57 Å². The summed E-state index contributed by atoms with van der Waals surface area (Å²) in [4.78, 5) is 0. The van der Waals surface area contributed by atoms with Gasteiger partial charge < -0.3 is 9.88 Å². The molecule has 0 saturated carbocycles. The van der Waals surface area contributed by atoms with Crippen molar-refractivity contribution in [2.75, 3.05) is 0 Å². The average molecular weight is 225 g/mol. The molecule has 0 radical (unpaired) electrons. The van der Waals surface area contributed by atoms with Crippen LogP contribution < -0.4 is 5.32 Å². The third-order valence-corrected chi connectivity index (χ3v) is 2.74. The SMILES string of the molecule is Cn1cccc1CNCc1cccc(C#N)c1. The molecule has 0 fully saturated rings. The molecule has 0 atom stereocenters. The minimum Gasteiger partial charge on any atom is -0.353 e. The van der Waals surface area contributed by atoms with Crippen molar-refractivity contribution < 1.29 is 0 Å². The van der Waals surface area contributed by atoms with E-state index in [1.165, 1.54) is 5.69 Å². The second-order valence-corrected chi connectivity index (χ2v) is 4.03. The smallest absolute Gasteiger partial charge is 0.0991 e. The zero-order valence-electron chi connectivity index (χ0n) is 9.85. The number of aromatic nitrogens is 1. The molecular formula is C14H15N3. The molecule has 0 aliphatic carbocycles. The number of nitrogens with zero attached hydrogens (tertiary/aromatic N) is 2. The average Bonchev–Trinajstić information content (AvgIpc) is 2.76. The zero-order valence-corrected chi connectivity index (χ0v) is 9.85. The minimum absolute atomic E-state index is 0.711. The Morgan fingerprint density at radius 1 is 1.24 bits per heavy atom. The molecular weight excluding hydrogens is 210 g/mol. The number of aryl methyl sites for hydroxylation is 1. The summed E-state index contributed by atoms with van der Waals surface area (Å²) in [6, 6.07) is 14.0. The normalized spacial score (nSPS) is 10.1. The molecule has 3 nitrogen and oxygen atoms in total. The summed E-state index contributed by atoms with van der Waals surface area (Å²) < 4.78 is 2.10. The third-order valence-electron chi connectivity index (χ3n) is 2.74. The molecule has 1 heterocycles. The van der Waals surface area contributed by atoms with Gasteiger partial charge in [-0.25, -0.2) is 0 Å². The maximum atomic E-state index is 8.80. The molecule has 3 heteroatoms. The predicted octanol–water partition coefficient (Wildman–Crippen LogP) is 2.19. The van der Waals surface area contributed by atoms with E-state index in [9.17, 15) is 0 Å². The van der Waals surface area contributed by atoms with Crippen LogP contribution in [0.1, 0.15) is 16.8 Å². The van der Waals surface area contributed by atoms with Gasteiger partial charge in [-0.15, -0.1) is 0 Å². The highest BCUT2D eigenvalue weighted by molar-refractivity contribution is 5.32. The van der Waals surface area contributed by atoms with E-state index in [0.29, 0.717) is 5.56 Å². The van der Waals surface area contributed by atoms with Crippen molar-refractivity contribution >= 4 is 0 Å². The molecule has 2 aromatic rings. The Kier molecular flexibility index (Phi) is 3.59. The van der Waals surface area contributed by atoms with E-state index in [1.54, 1.807) is 0 Å². The Morgan fingerprint density at radius 3 is 2.82 bits per heavy atom. The Morgan fingerprint density at radius 2 is 2.12 bits per heavy atom. The molecule has 0 unspecified atom stereocenters. The Hall–Kier alpha value is -2.05. The molecule has 0 saturated heterocycles. The maximum Gasteiger partial charge on any atom is 0.0991 e. The Bertz CT molecular complexity index is 534. The van der Waals surface area contributed by atoms with Gasteiger partial charge in [0.05, 0.1) is 11.6 Å². The fourth-order valence-electron chi connectivity index (χ4n) is 1.77. The van der Waals surface area contributed by atoms with Gasteiger partial charge in [-0.3, -0.25) is 0 Å². The molecule has 1 N–H and O–H groups in total. The fraction of sp³-hybridized carbons (Fsp3) is 0.214. The number of nitriles is 1. The van der Waals surface area contributed by atoms with Crippen LogP contribution in [0.2, 0.25) is 0 Å². The molecule has 0 aliphatic rings. The second-order valence-electron chi connectivity index (χ2n) is 4.03. The van der Waals surface area contributed by atoms with E-state index in [-0.39, 0.29) is 0 Å². The van der Waals surface area contributed by atoms with Gasteiger partial charge in [0.25, 0.3) is 0 Å². The van der Waals surface area contributed by atoms with Crippen LogP contribution in [0.4, 0.5) is 0 Å². The van der Waals surface area contributed by atoms with Crippen LogP contribution in [0.25, 0.3) is 0 Å². The van der Waals surface area contributed by atoms with Gasteiger partial charge in [-0.1, -0.05) is 12.1 Å². The van der Waals surface area contributed by atoms with Gasteiger partial charge in [0.15, 0.2) is 0 Å². The van der Waals surface area contributed by atoms with Crippen molar-refractivity contribution in [1.29, 1.82) is 5.26 Å². The highest BCUT2D eigenvalue weighted by Crippen LogP contribution is 2.04. The molecule has 1 aromatic heterocycles. The van der Waals surface area contributed by atoms with Crippen molar-refractivity contribution in [3.8, 4) is 6.07 Å². The fourth-order valence-corrected chi connectivity index (χ4v) is 1.77. The first kappa shape index (κ1) is 11.4. The minimum atomic E-state index is 0.711. The number of benzene rings is 1. The topological polar surface area (TPSA) is 40.8 Å². The molecule has 0 spiro atoms. The summed E-state index contributed by atoms with van der Waals surface area (Å²) in [6.07, 6.45) is 2.04. The van der Waals surface area contributed by atoms with E-state index in [0.717, 1.165) is 18.7 Å². The van der Waals surface area contributed by atoms with Crippen molar-refractivity contribution in [2.45, 2.75) is 13.1 Å². The maximum absolute atomic E-state index is 8.80. The molecule has 86 valence electrons. The number of hydrogen-bond acceptors (Lipinski definition) is 2. The van der Waals surface area contributed by atoms with Crippen LogP contribution in [0.15, 0.2) is 42.6 Å². The lowest BCUT2D eigenvalue weighted by Gasteiger charge is -2.06. The monoisotopic (exact) mass is 225 g/mol. The first-order chi connectivity index (χ1) is 8.29. The number of hydrogen-bond donors (Lipinski definition) is 1. The van der Waals surface area contributed by atoms with Crippen LogP contribution in [0.3, 0.4) is 0 Å². The quantitative estimate of drug-likeness (QED) is 0.866. The van der Waals surface area contributed by atoms with Gasteiger partial charge in [0.2, 0.25) is 0 Å². The van der Waals surface area contributed by atoms with Crippen LogP contribution in [0, 0.1) is 11.3 Å². The summed E-state index contributed by atoms with van der Waals surface area (Å²) in [5.74, 6) is 0. The van der Waals surface area contributed by atoms with E-state index in [2.05, 4.69) is 22.0 Å². The van der Waals surface area contributed by atoms with Gasteiger partial charge >= 0.3 is 0 Å². The Labute approximate surface area is 101 Å². The molecule has 0 bridgehead atoms. The summed E-state index contributed by atoms with van der Waals surface area (Å²) in [6.45, 7) is 1.61. The van der Waals surface area contributed by atoms with E-state index in [4.69, 9.17) is 5.26 Å². The zero-order chi connectivity index (χ0) is 12.1. The van der Waals surface area contributed by atoms with Gasteiger partial charge in [0.1, 0.15) is 0 Å². The lowest BCUT2D eigenvalue weighted by Crippen LogP contribution is -2.14. The lowest BCUT2D eigenvalue weighted by atomic mass is 10.1. The highest BCUT2D eigenvalue weighted by atomic mass is 15.0. The van der Waals surface area contributed by atoms with Crippen molar-refractivity contribution in [3.63, 3.8) is 0 Å². The summed E-state index contributed by atoms with van der Waals surface area (Å²) in [7, 11) is 2.04. The van der Waals surface area contributed by atoms with E-state index in [1.807, 2.05) is 43.6 Å². The standard InChI is InChI=1S/C14H15N3/c1-17-7-3-6-14(17)11-16-10-13-5-2-4-12(8-13)9-15/h2-8,16H,10-11H2,1H3. The molecule has 0 amide bonds. The third kappa shape index (κ3) is 2.96. The van der Waals surface area contributed by atoms with Gasteiger partial charge in [-0.2, -0.15) is 5.26 Å².